The first-order valence-electron chi connectivity index (χ1n) is 9.35. The van der Waals surface area contributed by atoms with Gasteiger partial charge in [-0.25, -0.2) is 4.79 Å². The normalized spacial score (nSPS) is 20.1. The summed E-state index contributed by atoms with van der Waals surface area (Å²) in [7, 11) is 0. The fraction of sp³-hybridized carbons (Fsp3) is 0.632. The van der Waals surface area contributed by atoms with Gasteiger partial charge in [0.1, 0.15) is 12.4 Å². The number of rotatable bonds is 5. The lowest BCUT2D eigenvalue weighted by molar-refractivity contribution is 0.180. The van der Waals surface area contributed by atoms with Crippen LogP contribution in [0.15, 0.2) is 30.3 Å². The molecule has 2 saturated heterocycles. The molecule has 0 atom stereocenters. The number of thioether (sulfide) groups is 1. The summed E-state index contributed by atoms with van der Waals surface area (Å²) in [4.78, 5) is 16.9. The molecule has 0 saturated carbocycles. The average molecular weight is 364 g/mol. The number of nitrogens with zero attached hydrogens (tertiary/aromatic N) is 2. The molecule has 0 aliphatic carbocycles. The standard InChI is InChI=1S/C19H29N3O2S/c23-19(20-9-14-24-18-5-2-1-3-6-18)22-11-4-10-21(12-13-22)17-7-15-25-16-8-17/h1-3,5-6,17H,4,7-16H2,(H,20,23). The van der Waals surface area contributed by atoms with Gasteiger partial charge < -0.3 is 15.0 Å². The maximum Gasteiger partial charge on any atom is 0.317 e. The Bertz CT molecular complexity index is 523. The number of para-hydroxylation sites is 1. The molecule has 2 fully saturated rings. The predicted molar refractivity (Wildman–Crippen MR) is 103 cm³/mol. The van der Waals surface area contributed by atoms with E-state index < -0.39 is 0 Å². The van der Waals surface area contributed by atoms with Crippen molar-refractivity contribution < 1.29 is 9.53 Å². The van der Waals surface area contributed by atoms with Crippen LogP contribution in [-0.2, 0) is 0 Å². The van der Waals surface area contributed by atoms with E-state index in [0.29, 0.717) is 13.2 Å². The van der Waals surface area contributed by atoms with E-state index in [0.717, 1.165) is 44.4 Å². The van der Waals surface area contributed by atoms with Crippen LogP contribution in [-0.4, -0.2) is 72.7 Å². The molecule has 0 spiro atoms. The molecule has 138 valence electrons. The highest BCUT2D eigenvalue weighted by Gasteiger charge is 2.25. The Hall–Kier alpha value is -1.40. The molecule has 6 heteroatoms. The second-order valence-corrected chi connectivity index (χ2v) is 7.84. The molecule has 2 aliphatic rings. The number of benzene rings is 1. The smallest absolute Gasteiger partial charge is 0.317 e. The highest BCUT2D eigenvalue weighted by Crippen LogP contribution is 2.22. The zero-order chi connectivity index (χ0) is 17.3. The van der Waals surface area contributed by atoms with Gasteiger partial charge in [0.05, 0.1) is 6.54 Å². The van der Waals surface area contributed by atoms with E-state index in [-0.39, 0.29) is 6.03 Å². The van der Waals surface area contributed by atoms with Crippen molar-refractivity contribution in [3.05, 3.63) is 30.3 Å². The van der Waals surface area contributed by atoms with Crippen LogP contribution in [0.3, 0.4) is 0 Å². The molecule has 0 aromatic heterocycles. The van der Waals surface area contributed by atoms with Crippen LogP contribution in [0.5, 0.6) is 5.75 Å². The molecule has 2 aliphatic heterocycles. The first-order valence-corrected chi connectivity index (χ1v) is 10.5. The number of hydrogen-bond donors (Lipinski definition) is 1. The summed E-state index contributed by atoms with van der Waals surface area (Å²) < 4.78 is 5.62. The Morgan fingerprint density at radius 3 is 2.72 bits per heavy atom. The lowest BCUT2D eigenvalue weighted by atomic mass is 10.1. The van der Waals surface area contributed by atoms with E-state index in [1.54, 1.807) is 0 Å². The van der Waals surface area contributed by atoms with Crippen LogP contribution in [0.4, 0.5) is 4.79 Å². The van der Waals surface area contributed by atoms with Crippen molar-refractivity contribution in [3.8, 4) is 5.75 Å². The summed E-state index contributed by atoms with van der Waals surface area (Å²) in [6.45, 7) is 4.83. The lowest BCUT2D eigenvalue weighted by Gasteiger charge is -2.33. The third kappa shape index (κ3) is 5.82. The number of ether oxygens (including phenoxy) is 1. The monoisotopic (exact) mass is 363 g/mol. The molecule has 1 N–H and O–H groups in total. The summed E-state index contributed by atoms with van der Waals surface area (Å²) in [6.07, 6.45) is 3.67. The second kappa shape index (κ2) is 9.92. The van der Waals surface area contributed by atoms with Crippen molar-refractivity contribution in [2.45, 2.75) is 25.3 Å². The fourth-order valence-electron chi connectivity index (χ4n) is 3.51. The van der Waals surface area contributed by atoms with E-state index in [2.05, 4.69) is 22.0 Å². The number of nitrogens with one attached hydrogen (secondary N) is 1. The molecule has 25 heavy (non-hydrogen) atoms. The third-order valence-electron chi connectivity index (χ3n) is 4.92. The summed E-state index contributed by atoms with van der Waals surface area (Å²) in [5.41, 5.74) is 0. The summed E-state index contributed by atoms with van der Waals surface area (Å²) in [6, 6.07) is 10.5. The molecular weight excluding hydrogens is 334 g/mol. The van der Waals surface area contributed by atoms with Crippen molar-refractivity contribution in [2.75, 3.05) is 50.8 Å². The van der Waals surface area contributed by atoms with Crippen LogP contribution >= 0.6 is 11.8 Å². The number of carbonyl (C=O) groups is 1. The van der Waals surface area contributed by atoms with Gasteiger partial charge in [0.2, 0.25) is 0 Å². The fourth-order valence-corrected chi connectivity index (χ4v) is 4.59. The summed E-state index contributed by atoms with van der Waals surface area (Å²) in [5.74, 6) is 3.41. The second-order valence-electron chi connectivity index (χ2n) is 6.61. The van der Waals surface area contributed by atoms with Gasteiger partial charge in [-0.3, -0.25) is 4.90 Å². The number of amides is 2. The van der Waals surface area contributed by atoms with Crippen LogP contribution in [0.25, 0.3) is 0 Å². The van der Waals surface area contributed by atoms with Crippen molar-refractivity contribution in [1.29, 1.82) is 0 Å². The number of hydrogen-bond acceptors (Lipinski definition) is 4. The maximum atomic E-state index is 12.4. The largest absolute Gasteiger partial charge is 0.492 e. The molecule has 5 nitrogen and oxygen atoms in total. The summed E-state index contributed by atoms with van der Waals surface area (Å²) in [5, 5.41) is 2.98. The Balaban J connectivity index is 1.36. The Kier molecular flexibility index (Phi) is 7.30. The summed E-state index contributed by atoms with van der Waals surface area (Å²) >= 11 is 2.07. The Morgan fingerprint density at radius 2 is 1.92 bits per heavy atom. The van der Waals surface area contributed by atoms with Gasteiger partial charge in [-0.1, -0.05) is 18.2 Å². The molecule has 0 bridgehead atoms. The minimum atomic E-state index is 0.0395. The first kappa shape index (κ1) is 18.4. The highest BCUT2D eigenvalue weighted by molar-refractivity contribution is 7.99. The number of carbonyl (C=O) groups excluding carboxylic acids is 1. The van der Waals surface area contributed by atoms with Crippen molar-refractivity contribution in [3.63, 3.8) is 0 Å². The van der Waals surface area contributed by atoms with E-state index >= 15 is 0 Å². The quantitative estimate of drug-likeness (QED) is 0.817. The minimum Gasteiger partial charge on any atom is -0.492 e. The molecule has 0 unspecified atom stereocenters. The average Bonchev–Trinajstić information content (AvgIpc) is 2.93. The third-order valence-corrected chi connectivity index (χ3v) is 5.96. The molecule has 1 aromatic rings. The minimum absolute atomic E-state index is 0.0395. The molecular formula is C19H29N3O2S. The molecule has 2 heterocycles. The SMILES string of the molecule is O=C(NCCOc1ccccc1)N1CCCN(C2CCSCC2)CC1. The van der Waals surface area contributed by atoms with Crippen LogP contribution < -0.4 is 10.1 Å². The van der Waals surface area contributed by atoms with Gasteiger partial charge in [-0.05, 0) is 42.9 Å². The van der Waals surface area contributed by atoms with Gasteiger partial charge in [0.15, 0.2) is 0 Å². The molecule has 2 amide bonds. The van der Waals surface area contributed by atoms with Crippen LogP contribution in [0, 0.1) is 0 Å². The lowest BCUT2D eigenvalue weighted by Crippen LogP contribution is -2.44. The first-order chi connectivity index (χ1) is 12.3. The zero-order valence-corrected chi connectivity index (χ0v) is 15.7. The van der Waals surface area contributed by atoms with Crippen LogP contribution in [0.1, 0.15) is 19.3 Å². The van der Waals surface area contributed by atoms with Crippen molar-refractivity contribution in [1.82, 2.24) is 15.1 Å². The highest BCUT2D eigenvalue weighted by atomic mass is 32.2. The van der Waals surface area contributed by atoms with Gasteiger partial charge in [-0.2, -0.15) is 11.8 Å². The van der Waals surface area contributed by atoms with E-state index in [4.69, 9.17) is 4.74 Å². The Morgan fingerprint density at radius 1 is 1.12 bits per heavy atom. The Labute approximate surface area is 155 Å². The van der Waals surface area contributed by atoms with Gasteiger partial charge in [-0.15, -0.1) is 0 Å². The zero-order valence-electron chi connectivity index (χ0n) is 14.9. The van der Waals surface area contributed by atoms with Gasteiger partial charge >= 0.3 is 6.03 Å². The topological polar surface area (TPSA) is 44.8 Å². The van der Waals surface area contributed by atoms with Crippen molar-refractivity contribution in [2.24, 2.45) is 0 Å². The number of urea groups is 1. The molecule has 3 rings (SSSR count). The van der Waals surface area contributed by atoms with Crippen LogP contribution in [0.2, 0.25) is 0 Å². The predicted octanol–water partition coefficient (Wildman–Crippen LogP) is 2.68. The van der Waals surface area contributed by atoms with Gasteiger partial charge in [0.25, 0.3) is 0 Å². The van der Waals surface area contributed by atoms with E-state index in [1.807, 2.05) is 35.2 Å². The maximum absolute atomic E-state index is 12.4. The molecule has 0 radical (unpaired) electrons. The van der Waals surface area contributed by atoms with Crippen molar-refractivity contribution >= 4 is 17.8 Å². The van der Waals surface area contributed by atoms with Gasteiger partial charge in [0, 0.05) is 32.2 Å². The molecule has 1 aromatic carbocycles. The van der Waals surface area contributed by atoms with E-state index in [9.17, 15) is 4.79 Å². The van der Waals surface area contributed by atoms with E-state index in [1.165, 1.54) is 24.3 Å².